The fraction of sp³-hybridized carbons (Fsp3) is 0.480. The van der Waals surface area contributed by atoms with E-state index in [9.17, 15) is 13.2 Å². The molecule has 1 amide bonds. The van der Waals surface area contributed by atoms with E-state index in [-0.39, 0.29) is 23.5 Å². The van der Waals surface area contributed by atoms with Crippen LogP contribution >= 0.6 is 11.6 Å². The minimum Gasteiger partial charge on any atom is -0.493 e. The van der Waals surface area contributed by atoms with Crippen molar-refractivity contribution >= 4 is 27.5 Å². The first-order chi connectivity index (χ1) is 16.1. The number of rotatable bonds is 13. The predicted molar refractivity (Wildman–Crippen MR) is 136 cm³/mol. The molecule has 0 saturated carbocycles. The van der Waals surface area contributed by atoms with Crippen molar-refractivity contribution in [1.82, 2.24) is 10.0 Å². The standard InChI is InChI=1S/C25H35ClN2O5S/c1-6-34(30,31)28-24(17(2)3)25(29)27-14-13-19-7-12-22(23(15-19)32-5)33-16-18(4)20-8-10-21(26)11-9-20/h7-12,15,17-18,24,28H,6,13-14,16H2,1-5H3,(H,27,29)/t18?,24-/m0/s1. The number of benzene rings is 2. The van der Waals surface area contributed by atoms with Crippen LogP contribution in [0.3, 0.4) is 0 Å². The largest absolute Gasteiger partial charge is 0.493 e. The van der Waals surface area contributed by atoms with Crippen LogP contribution in [0.2, 0.25) is 5.02 Å². The van der Waals surface area contributed by atoms with Crippen LogP contribution in [-0.2, 0) is 21.2 Å². The summed E-state index contributed by atoms with van der Waals surface area (Å²) >= 11 is 5.96. The third-order valence-corrected chi connectivity index (χ3v) is 7.13. The monoisotopic (exact) mass is 510 g/mol. The lowest BCUT2D eigenvalue weighted by Crippen LogP contribution is -2.50. The quantitative estimate of drug-likeness (QED) is 0.422. The predicted octanol–water partition coefficient (Wildman–Crippen LogP) is 4.15. The van der Waals surface area contributed by atoms with Crippen molar-refractivity contribution in [2.45, 2.75) is 46.1 Å². The Kier molecular flexibility index (Phi) is 10.7. The summed E-state index contributed by atoms with van der Waals surface area (Å²) in [4.78, 5) is 12.5. The van der Waals surface area contributed by atoms with Crippen LogP contribution in [0.4, 0.5) is 0 Å². The van der Waals surface area contributed by atoms with Crippen molar-refractivity contribution in [2.75, 3.05) is 26.0 Å². The highest BCUT2D eigenvalue weighted by molar-refractivity contribution is 7.89. The molecule has 0 aromatic heterocycles. The molecule has 7 nitrogen and oxygen atoms in total. The molecule has 9 heteroatoms. The van der Waals surface area contributed by atoms with E-state index in [2.05, 4.69) is 17.0 Å². The van der Waals surface area contributed by atoms with Gasteiger partial charge in [0.05, 0.1) is 19.5 Å². The van der Waals surface area contributed by atoms with Gasteiger partial charge in [-0.3, -0.25) is 4.79 Å². The van der Waals surface area contributed by atoms with E-state index in [1.165, 1.54) is 6.92 Å². The van der Waals surface area contributed by atoms with Crippen LogP contribution in [-0.4, -0.2) is 46.4 Å². The molecular formula is C25H35ClN2O5S. The molecule has 34 heavy (non-hydrogen) atoms. The average molecular weight is 511 g/mol. The lowest BCUT2D eigenvalue weighted by molar-refractivity contribution is -0.123. The SMILES string of the molecule is CCS(=O)(=O)N[C@H](C(=O)NCCc1ccc(OCC(C)c2ccc(Cl)cc2)c(OC)c1)C(C)C. The van der Waals surface area contributed by atoms with Crippen molar-refractivity contribution in [3.8, 4) is 11.5 Å². The Labute approximate surface area is 208 Å². The second kappa shape index (κ2) is 13.0. The first kappa shape index (κ1) is 28.0. The Balaban J connectivity index is 1.93. The van der Waals surface area contributed by atoms with Crippen LogP contribution in [0.15, 0.2) is 42.5 Å². The van der Waals surface area contributed by atoms with Crippen molar-refractivity contribution in [3.05, 3.63) is 58.6 Å². The number of ether oxygens (including phenoxy) is 2. The number of hydrogen-bond donors (Lipinski definition) is 2. The maximum absolute atomic E-state index is 12.5. The second-order valence-corrected chi connectivity index (χ2v) is 11.0. The minimum absolute atomic E-state index is 0.0732. The van der Waals surface area contributed by atoms with Crippen LogP contribution in [0.25, 0.3) is 0 Å². The molecule has 2 aromatic rings. The molecule has 0 spiro atoms. The van der Waals surface area contributed by atoms with Gasteiger partial charge in [0.25, 0.3) is 0 Å². The number of carbonyl (C=O) groups is 1. The van der Waals surface area contributed by atoms with E-state index in [0.29, 0.717) is 36.1 Å². The van der Waals surface area contributed by atoms with Gasteiger partial charge in [0.15, 0.2) is 11.5 Å². The summed E-state index contributed by atoms with van der Waals surface area (Å²) in [5.74, 6) is 0.850. The number of halogens is 1. The summed E-state index contributed by atoms with van der Waals surface area (Å²) in [7, 11) is -1.89. The van der Waals surface area contributed by atoms with Crippen LogP contribution < -0.4 is 19.5 Å². The maximum Gasteiger partial charge on any atom is 0.238 e. The molecule has 0 aliphatic rings. The van der Waals surface area contributed by atoms with Crippen molar-refractivity contribution < 1.29 is 22.7 Å². The maximum atomic E-state index is 12.5. The first-order valence-corrected chi connectivity index (χ1v) is 13.4. The third-order valence-electron chi connectivity index (χ3n) is 5.50. The number of nitrogens with one attached hydrogen (secondary N) is 2. The van der Waals surface area contributed by atoms with Gasteiger partial charge in [0.2, 0.25) is 15.9 Å². The van der Waals surface area contributed by atoms with Crippen molar-refractivity contribution in [2.24, 2.45) is 5.92 Å². The molecule has 2 rings (SSSR count). The zero-order valence-electron chi connectivity index (χ0n) is 20.4. The average Bonchev–Trinajstić information content (AvgIpc) is 2.81. The van der Waals surface area contributed by atoms with E-state index in [4.69, 9.17) is 21.1 Å². The number of sulfonamides is 1. The summed E-state index contributed by atoms with van der Waals surface area (Å²) in [5, 5.41) is 3.53. The Hall–Kier alpha value is -2.29. The molecule has 0 bridgehead atoms. The molecule has 2 N–H and O–H groups in total. The highest BCUT2D eigenvalue weighted by atomic mass is 35.5. The van der Waals surface area contributed by atoms with Crippen molar-refractivity contribution in [3.63, 3.8) is 0 Å². The Bertz CT molecular complexity index is 1040. The van der Waals surface area contributed by atoms with Gasteiger partial charge in [-0.15, -0.1) is 0 Å². The van der Waals surface area contributed by atoms with E-state index in [1.54, 1.807) is 21.0 Å². The molecular weight excluding hydrogens is 476 g/mol. The number of carbonyl (C=O) groups excluding carboxylic acids is 1. The lowest BCUT2D eigenvalue weighted by atomic mass is 10.0. The smallest absolute Gasteiger partial charge is 0.238 e. The van der Waals surface area contributed by atoms with Gasteiger partial charge < -0.3 is 14.8 Å². The molecule has 1 unspecified atom stereocenters. The molecule has 0 saturated heterocycles. The minimum atomic E-state index is -3.48. The Morgan fingerprint density at radius 1 is 1.06 bits per heavy atom. The van der Waals surface area contributed by atoms with Crippen LogP contribution in [0.1, 0.15) is 44.7 Å². The molecule has 0 aliphatic carbocycles. The highest BCUT2D eigenvalue weighted by Crippen LogP contribution is 2.29. The van der Waals surface area contributed by atoms with Gasteiger partial charge in [-0.25, -0.2) is 13.1 Å². The second-order valence-electron chi connectivity index (χ2n) is 8.53. The van der Waals surface area contributed by atoms with E-state index in [0.717, 1.165) is 11.1 Å². The van der Waals surface area contributed by atoms with Crippen LogP contribution in [0.5, 0.6) is 11.5 Å². The summed E-state index contributed by atoms with van der Waals surface area (Å²) in [6.45, 7) is 8.08. The molecule has 0 radical (unpaired) electrons. The fourth-order valence-corrected chi connectivity index (χ4v) is 4.36. The van der Waals surface area contributed by atoms with Gasteiger partial charge in [0.1, 0.15) is 6.04 Å². The van der Waals surface area contributed by atoms with Gasteiger partial charge in [0, 0.05) is 17.5 Å². The van der Waals surface area contributed by atoms with Gasteiger partial charge in [-0.1, -0.05) is 50.6 Å². The zero-order chi connectivity index (χ0) is 25.3. The highest BCUT2D eigenvalue weighted by Gasteiger charge is 2.26. The topological polar surface area (TPSA) is 93.7 Å². The van der Waals surface area contributed by atoms with Crippen molar-refractivity contribution in [1.29, 1.82) is 0 Å². The molecule has 0 aliphatic heterocycles. The molecule has 0 heterocycles. The fourth-order valence-electron chi connectivity index (χ4n) is 3.30. The van der Waals surface area contributed by atoms with Gasteiger partial charge in [-0.2, -0.15) is 0 Å². The summed E-state index contributed by atoms with van der Waals surface area (Å²) in [5.41, 5.74) is 2.10. The normalized spacial score (nSPS) is 13.4. The van der Waals surface area contributed by atoms with E-state index in [1.807, 2.05) is 42.5 Å². The lowest BCUT2D eigenvalue weighted by Gasteiger charge is -2.21. The zero-order valence-corrected chi connectivity index (χ0v) is 22.0. The summed E-state index contributed by atoms with van der Waals surface area (Å²) in [6, 6.07) is 12.6. The molecule has 188 valence electrons. The number of amides is 1. The molecule has 2 aromatic carbocycles. The first-order valence-electron chi connectivity index (χ1n) is 11.4. The Morgan fingerprint density at radius 3 is 2.32 bits per heavy atom. The molecule has 0 fully saturated rings. The third kappa shape index (κ3) is 8.49. The van der Waals surface area contributed by atoms with Gasteiger partial charge in [-0.05, 0) is 54.7 Å². The van der Waals surface area contributed by atoms with Gasteiger partial charge >= 0.3 is 0 Å². The Morgan fingerprint density at radius 2 is 1.74 bits per heavy atom. The van der Waals surface area contributed by atoms with E-state index >= 15 is 0 Å². The summed E-state index contributed by atoms with van der Waals surface area (Å²) < 4.78 is 37.7. The number of methoxy groups -OCH3 is 1. The molecule has 2 atom stereocenters. The number of hydrogen-bond acceptors (Lipinski definition) is 5. The van der Waals surface area contributed by atoms with E-state index < -0.39 is 16.1 Å². The van der Waals surface area contributed by atoms with Crippen LogP contribution in [0, 0.1) is 5.92 Å². The summed E-state index contributed by atoms with van der Waals surface area (Å²) in [6.07, 6.45) is 0.564.